The first kappa shape index (κ1) is 21.7. The van der Waals surface area contributed by atoms with Gasteiger partial charge in [-0.25, -0.2) is 9.59 Å². The van der Waals surface area contributed by atoms with E-state index in [1.165, 1.54) is 0 Å². The summed E-state index contributed by atoms with van der Waals surface area (Å²) >= 11 is 0. The molecule has 2 aliphatic rings. The lowest BCUT2D eigenvalue weighted by molar-refractivity contribution is -0.150. The normalized spacial score (nSPS) is 17.7. The summed E-state index contributed by atoms with van der Waals surface area (Å²) in [5.41, 5.74) is 0.510. The van der Waals surface area contributed by atoms with Crippen LogP contribution in [0.4, 0.5) is 4.79 Å². The number of piperidine rings is 1. The first-order valence-corrected chi connectivity index (χ1v) is 10.3. The number of amides is 2. The van der Waals surface area contributed by atoms with E-state index in [4.69, 9.17) is 14.2 Å². The van der Waals surface area contributed by atoms with Gasteiger partial charge >= 0.3 is 12.1 Å². The molecule has 1 spiro atoms. The molecule has 0 aliphatic carbocycles. The second-order valence-corrected chi connectivity index (χ2v) is 7.29. The maximum atomic E-state index is 13.1. The van der Waals surface area contributed by atoms with Crippen LogP contribution in [0.2, 0.25) is 0 Å². The van der Waals surface area contributed by atoms with Crippen LogP contribution in [0.25, 0.3) is 0 Å². The van der Waals surface area contributed by atoms with Crippen LogP contribution in [-0.2, 0) is 25.6 Å². The molecular weight excluding hydrogens is 388 g/mol. The molecule has 2 heterocycles. The third kappa shape index (κ3) is 4.27. The van der Waals surface area contributed by atoms with Gasteiger partial charge in [0.25, 0.3) is 5.91 Å². The van der Waals surface area contributed by atoms with E-state index >= 15 is 0 Å². The fraction of sp³-hybridized carbons (Fsp3) is 0.500. The molecule has 162 valence electrons. The van der Waals surface area contributed by atoms with Crippen molar-refractivity contribution in [1.82, 2.24) is 10.2 Å². The van der Waals surface area contributed by atoms with E-state index in [0.717, 1.165) is 5.56 Å². The van der Waals surface area contributed by atoms with Crippen molar-refractivity contribution in [3.63, 3.8) is 0 Å². The summed E-state index contributed by atoms with van der Waals surface area (Å²) in [4.78, 5) is 39.0. The van der Waals surface area contributed by atoms with Crippen LogP contribution in [-0.4, -0.2) is 54.8 Å². The number of ether oxygens (including phenoxy) is 3. The molecule has 3 rings (SSSR count). The summed E-state index contributed by atoms with van der Waals surface area (Å²) in [5, 5.41) is 2.90. The van der Waals surface area contributed by atoms with Gasteiger partial charge in [0, 0.05) is 43.6 Å². The monoisotopic (exact) mass is 416 g/mol. The highest BCUT2D eigenvalue weighted by atomic mass is 16.6. The predicted octanol–water partition coefficient (Wildman–Crippen LogP) is 2.57. The Balaban J connectivity index is 1.72. The first-order valence-electron chi connectivity index (χ1n) is 10.3. The van der Waals surface area contributed by atoms with Gasteiger partial charge in [-0.05, 0) is 26.8 Å². The average molecular weight is 416 g/mol. The van der Waals surface area contributed by atoms with Gasteiger partial charge in [0.2, 0.25) is 0 Å². The Morgan fingerprint density at radius 2 is 1.87 bits per heavy atom. The van der Waals surface area contributed by atoms with Crippen molar-refractivity contribution in [3.8, 4) is 5.75 Å². The standard InChI is InChI=1S/C22H28N2O6/c1-4-28-17-9-7-6-8-16(17)14-23-19(25)18-15(3)20(26)30-22(18)10-12-24(13-11-22)21(27)29-5-2/h6-9H,4-5,10-14H2,1-3H3,(H,23,25). The number of para-hydroxylation sites is 1. The fourth-order valence-electron chi connectivity index (χ4n) is 3.95. The van der Waals surface area contributed by atoms with Gasteiger partial charge in [0.05, 0.1) is 18.8 Å². The molecule has 8 heteroatoms. The quantitative estimate of drug-likeness (QED) is 0.717. The Morgan fingerprint density at radius 3 is 2.53 bits per heavy atom. The molecule has 2 amide bonds. The molecule has 0 aromatic heterocycles. The van der Waals surface area contributed by atoms with Crippen molar-refractivity contribution in [2.45, 2.75) is 45.8 Å². The van der Waals surface area contributed by atoms with Gasteiger partial charge < -0.3 is 24.4 Å². The number of carbonyl (C=O) groups excluding carboxylic acids is 3. The summed E-state index contributed by atoms with van der Waals surface area (Å²) < 4.78 is 16.3. The molecule has 8 nitrogen and oxygen atoms in total. The number of hydrogen-bond acceptors (Lipinski definition) is 6. The number of nitrogens with one attached hydrogen (secondary N) is 1. The molecular formula is C22H28N2O6. The topological polar surface area (TPSA) is 94.2 Å². The third-order valence-corrected chi connectivity index (χ3v) is 5.46. The van der Waals surface area contributed by atoms with Crippen LogP contribution in [0.3, 0.4) is 0 Å². The van der Waals surface area contributed by atoms with E-state index in [2.05, 4.69) is 5.32 Å². The van der Waals surface area contributed by atoms with E-state index in [1.807, 2.05) is 31.2 Å². The summed E-state index contributed by atoms with van der Waals surface area (Å²) in [5.74, 6) is -0.115. The highest BCUT2D eigenvalue weighted by molar-refractivity contribution is 6.07. The van der Waals surface area contributed by atoms with E-state index in [1.54, 1.807) is 18.7 Å². The summed E-state index contributed by atoms with van der Waals surface area (Å²) in [6, 6.07) is 7.49. The number of carbonyl (C=O) groups is 3. The second kappa shape index (κ2) is 9.19. The number of likely N-dealkylation sites (tertiary alicyclic amines) is 1. The Bertz CT molecular complexity index is 855. The zero-order valence-electron chi connectivity index (χ0n) is 17.7. The maximum Gasteiger partial charge on any atom is 0.409 e. The number of benzene rings is 1. The SMILES string of the molecule is CCOC(=O)N1CCC2(CC1)OC(=O)C(C)=C2C(=O)NCc1ccccc1OCC. The van der Waals surface area contributed by atoms with Crippen molar-refractivity contribution in [1.29, 1.82) is 0 Å². The van der Waals surface area contributed by atoms with Gasteiger partial charge in [-0.1, -0.05) is 18.2 Å². The van der Waals surface area contributed by atoms with Crippen molar-refractivity contribution >= 4 is 18.0 Å². The molecule has 0 bridgehead atoms. The molecule has 2 aliphatic heterocycles. The second-order valence-electron chi connectivity index (χ2n) is 7.29. The van der Waals surface area contributed by atoms with Crippen LogP contribution < -0.4 is 10.1 Å². The molecule has 30 heavy (non-hydrogen) atoms. The van der Waals surface area contributed by atoms with Crippen molar-refractivity contribution in [3.05, 3.63) is 41.0 Å². The van der Waals surface area contributed by atoms with E-state index in [-0.39, 0.29) is 12.5 Å². The van der Waals surface area contributed by atoms with Crippen molar-refractivity contribution in [2.24, 2.45) is 0 Å². The van der Waals surface area contributed by atoms with Gasteiger partial charge in [-0.2, -0.15) is 0 Å². The first-order chi connectivity index (χ1) is 14.4. The lowest BCUT2D eigenvalue weighted by Gasteiger charge is -2.38. The molecule has 1 saturated heterocycles. The largest absolute Gasteiger partial charge is 0.494 e. The van der Waals surface area contributed by atoms with Gasteiger partial charge in [-0.3, -0.25) is 4.79 Å². The predicted molar refractivity (Wildman–Crippen MR) is 109 cm³/mol. The van der Waals surface area contributed by atoms with E-state index in [9.17, 15) is 14.4 Å². The van der Waals surface area contributed by atoms with Gasteiger partial charge in [0.1, 0.15) is 11.4 Å². The Morgan fingerprint density at radius 1 is 1.17 bits per heavy atom. The lowest BCUT2D eigenvalue weighted by Crippen LogP contribution is -2.50. The van der Waals surface area contributed by atoms with Crippen LogP contribution in [0.1, 0.15) is 39.2 Å². The Kier molecular flexibility index (Phi) is 6.64. The molecule has 1 fully saturated rings. The summed E-state index contributed by atoms with van der Waals surface area (Å²) in [6.07, 6.45) is 0.316. The number of rotatable bonds is 6. The molecule has 0 unspecified atom stereocenters. The minimum absolute atomic E-state index is 0.269. The minimum Gasteiger partial charge on any atom is -0.494 e. The molecule has 0 radical (unpaired) electrons. The molecule has 0 atom stereocenters. The number of hydrogen-bond donors (Lipinski definition) is 1. The number of nitrogens with zero attached hydrogens (tertiary/aromatic N) is 1. The highest BCUT2D eigenvalue weighted by Gasteiger charge is 2.51. The van der Waals surface area contributed by atoms with E-state index in [0.29, 0.717) is 56.0 Å². The molecule has 1 aromatic rings. The molecule has 1 aromatic carbocycles. The van der Waals surface area contributed by atoms with E-state index < -0.39 is 17.7 Å². The zero-order valence-corrected chi connectivity index (χ0v) is 17.7. The average Bonchev–Trinajstić information content (AvgIpc) is 2.97. The Hall–Kier alpha value is -3.03. The minimum atomic E-state index is -1.01. The molecule has 1 N–H and O–H groups in total. The smallest absolute Gasteiger partial charge is 0.409 e. The van der Waals surface area contributed by atoms with Gasteiger partial charge in [0.15, 0.2) is 0 Å². The fourth-order valence-corrected chi connectivity index (χ4v) is 3.95. The maximum absolute atomic E-state index is 13.1. The van der Waals surface area contributed by atoms with Crippen LogP contribution >= 0.6 is 0 Å². The van der Waals surface area contributed by atoms with Crippen LogP contribution in [0.5, 0.6) is 5.75 Å². The summed E-state index contributed by atoms with van der Waals surface area (Å²) in [7, 11) is 0. The van der Waals surface area contributed by atoms with Crippen molar-refractivity contribution < 1.29 is 28.6 Å². The number of esters is 1. The summed E-state index contributed by atoms with van der Waals surface area (Å²) in [6.45, 7) is 7.05. The van der Waals surface area contributed by atoms with Gasteiger partial charge in [-0.15, -0.1) is 0 Å². The van der Waals surface area contributed by atoms with Crippen molar-refractivity contribution in [2.75, 3.05) is 26.3 Å². The lowest BCUT2D eigenvalue weighted by atomic mass is 9.83. The molecule has 0 saturated carbocycles. The third-order valence-electron chi connectivity index (χ3n) is 5.46. The van der Waals surface area contributed by atoms with Crippen LogP contribution in [0, 0.1) is 0 Å². The highest BCUT2D eigenvalue weighted by Crippen LogP contribution is 2.41. The zero-order chi connectivity index (χ0) is 21.7. The van der Waals surface area contributed by atoms with Crippen LogP contribution in [0.15, 0.2) is 35.4 Å². The Labute approximate surface area is 176 Å².